The molecule has 1 aliphatic rings. The topological polar surface area (TPSA) is 61.9 Å². The van der Waals surface area contributed by atoms with Gasteiger partial charge >= 0.3 is 0 Å². The number of rotatable bonds is 2. The van der Waals surface area contributed by atoms with Gasteiger partial charge in [-0.2, -0.15) is 0 Å². The highest BCUT2D eigenvalue weighted by molar-refractivity contribution is 6.33. The van der Waals surface area contributed by atoms with Crippen LogP contribution in [0.15, 0.2) is 41.6 Å². The number of hydrogen-bond donors (Lipinski definition) is 2. The fraction of sp³-hybridized carbons (Fsp3) is 0.133. The van der Waals surface area contributed by atoms with E-state index in [0.29, 0.717) is 10.6 Å². The maximum absolute atomic E-state index is 13.4. The first kappa shape index (κ1) is 13.7. The molecule has 1 heterocycles. The number of fused-ring (bicyclic) bond motifs is 1. The van der Waals surface area contributed by atoms with Crippen molar-refractivity contribution < 1.29 is 9.60 Å². The highest BCUT2D eigenvalue weighted by Crippen LogP contribution is 2.38. The van der Waals surface area contributed by atoms with Gasteiger partial charge < -0.3 is 15.8 Å². The minimum absolute atomic E-state index is 0.00341. The molecule has 3 N–H and O–H groups in total. The van der Waals surface area contributed by atoms with Crippen LogP contribution < -0.4 is 10.6 Å². The van der Waals surface area contributed by atoms with Crippen LogP contribution in [0.5, 0.6) is 0 Å². The van der Waals surface area contributed by atoms with Crippen molar-refractivity contribution in [3.05, 3.63) is 58.4 Å². The highest BCUT2D eigenvalue weighted by Gasteiger charge is 2.22. The van der Waals surface area contributed by atoms with Crippen molar-refractivity contribution in [3.63, 3.8) is 0 Å². The van der Waals surface area contributed by atoms with Crippen LogP contribution >= 0.6 is 11.6 Å². The summed E-state index contributed by atoms with van der Waals surface area (Å²) in [6.45, 7) is 0.738. The zero-order chi connectivity index (χ0) is 15.0. The summed E-state index contributed by atoms with van der Waals surface area (Å²) in [6.07, 6.45) is 0.841. The number of oxime groups is 1. The Morgan fingerprint density at radius 3 is 2.76 bits per heavy atom. The Morgan fingerprint density at radius 2 is 2.05 bits per heavy atom. The molecule has 3 rings (SSSR count). The SMILES string of the molecule is N/C(=N/O)c1ccc(N2CCc3ccc(F)cc32)c(Cl)c1. The average Bonchev–Trinajstić information content (AvgIpc) is 2.89. The van der Waals surface area contributed by atoms with Crippen LogP contribution in [0.4, 0.5) is 15.8 Å². The summed E-state index contributed by atoms with van der Waals surface area (Å²) in [5.74, 6) is -0.277. The van der Waals surface area contributed by atoms with Crippen LogP contribution in [0, 0.1) is 5.82 Å². The van der Waals surface area contributed by atoms with Gasteiger partial charge in [-0.15, -0.1) is 0 Å². The molecule has 0 amide bonds. The summed E-state index contributed by atoms with van der Waals surface area (Å²) in [6, 6.07) is 9.90. The van der Waals surface area contributed by atoms with Gasteiger partial charge in [0.1, 0.15) is 5.82 Å². The summed E-state index contributed by atoms with van der Waals surface area (Å²) < 4.78 is 13.4. The molecule has 2 aromatic rings. The smallest absolute Gasteiger partial charge is 0.170 e. The minimum atomic E-state index is -0.273. The molecule has 6 heteroatoms. The van der Waals surface area contributed by atoms with Gasteiger partial charge in [-0.1, -0.05) is 22.8 Å². The third-order valence-electron chi connectivity index (χ3n) is 3.58. The van der Waals surface area contributed by atoms with E-state index in [1.165, 1.54) is 12.1 Å². The fourth-order valence-corrected chi connectivity index (χ4v) is 2.83. The Morgan fingerprint density at radius 1 is 1.24 bits per heavy atom. The normalized spacial score (nSPS) is 14.4. The zero-order valence-electron chi connectivity index (χ0n) is 11.1. The minimum Gasteiger partial charge on any atom is -0.409 e. The van der Waals surface area contributed by atoms with Crippen molar-refractivity contribution in [2.24, 2.45) is 10.9 Å². The lowest BCUT2D eigenvalue weighted by atomic mass is 10.1. The average molecular weight is 306 g/mol. The molecule has 21 heavy (non-hydrogen) atoms. The molecule has 0 bridgehead atoms. The summed E-state index contributed by atoms with van der Waals surface area (Å²) in [4.78, 5) is 1.97. The van der Waals surface area contributed by atoms with Gasteiger partial charge in [-0.3, -0.25) is 0 Å². The second-order valence-electron chi connectivity index (χ2n) is 4.83. The lowest BCUT2D eigenvalue weighted by Gasteiger charge is -2.21. The standard InChI is InChI=1S/C15H13ClFN3O/c16-12-7-10(15(18)19-21)2-4-13(12)20-6-5-9-1-3-11(17)8-14(9)20/h1-4,7-8,21H,5-6H2,(H2,18,19). The molecular weight excluding hydrogens is 293 g/mol. The maximum atomic E-state index is 13.4. The van der Waals surface area contributed by atoms with Crippen LogP contribution in [-0.2, 0) is 6.42 Å². The lowest BCUT2D eigenvalue weighted by molar-refractivity contribution is 0.318. The summed E-state index contributed by atoms with van der Waals surface area (Å²) >= 11 is 6.29. The monoisotopic (exact) mass is 305 g/mol. The molecule has 4 nitrogen and oxygen atoms in total. The molecule has 0 saturated heterocycles. The van der Waals surface area contributed by atoms with Gasteiger partial charge in [-0.25, -0.2) is 4.39 Å². The number of amidine groups is 1. The van der Waals surface area contributed by atoms with E-state index in [4.69, 9.17) is 22.5 Å². The number of hydrogen-bond acceptors (Lipinski definition) is 3. The molecule has 1 aliphatic heterocycles. The van der Waals surface area contributed by atoms with Crippen molar-refractivity contribution in [2.45, 2.75) is 6.42 Å². The molecule has 2 aromatic carbocycles. The fourth-order valence-electron chi connectivity index (χ4n) is 2.55. The van der Waals surface area contributed by atoms with Gasteiger partial charge in [0.2, 0.25) is 0 Å². The molecular formula is C15H13ClFN3O. The third-order valence-corrected chi connectivity index (χ3v) is 3.89. The van der Waals surface area contributed by atoms with Gasteiger partial charge in [0.15, 0.2) is 5.84 Å². The van der Waals surface area contributed by atoms with E-state index in [1.807, 2.05) is 4.90 Å². The van der Waals surface area contributed by atoms with Crippen molar-refractivity contribution in [3.8, 4) is 0 Å². The Bertz CT molecular complexity index is 733. The van der Waals surface area contributed by atoms with E-state index < -0.39 is 0 Å². The second kappa shape index (κ2) is 5.26. The van der Waals surface area contributed by atoms with E-state index in [9.17, 15) is 4.39 Å². The molecule has 0 atom stereocenters. The predicted octanol–water partition coefficient (Wildman–Crippen LogP) is 3.27. The Hall–Kier alpha value is -2.27. The van der Waals surface area contributed by atoms with Crippen LogP contribution in [0.25, 0.3) is 0 Å². The Labute approximate surface area is 126 Å². The van der Waals surface area contributed by atoms with E-state index >= 15 is 0 Å². The van der Waals surface area contributed by atoms with Crippen molar-refractivity contribution in [1.29, 1.82) is 0 Å². The number of halogens is 2. The van der Waals surface area contributed by atoms with E-state index in [1.54, 1.807) is 24.3 Å². The van der Waals surface area contributed by atoms with Crippen LogP contribution in [0.3, 0.4) is 0 Å². The van der Waals surface area contributed by atoms with E-state index in [0.717, 1.165) is 29.9 Å². The summed E-state index contributed by atoms with van der Waals surface area (Å²) in [5.41, 5.74) is 8.77. The molecule has 108 valence electrons. The molecule has 0 aromatic heterocycles. The number of nitrogens with two attached hydrogens (primary N) is 1. The first-order valence-corrected chi connectivity index (χ1v) is 6.81. The van der Waals surface area contributed by atoms with Gasteiger partial charge in [0.05, 0.1) is 10.7 Å². The number of nitrogens with zero attached hydrogens (tertiary/aromatic N) is 2. The molecule has 0 fully saturated rings. The quantitative estimate of drug-likeness (QED) is 0.387. The van der Waals surface area contributed by atoms with E-state index in [-0.39, 0.29) is 11.7 Å². The summed E-state index contributed by atoms with van der Waals surface area (Å²) in [7, 11) is 0. The van der Waals surface area contributed by atoms with Gasteiger partial charge in [0.25, 0.3) is 0 Å². The van der Waals surface area contributed by atoms with Gasteiger partial charge in [-0.05, 0) is 42.3 Å². The Balaban J connectivity index is 2.02. The van der Waals surface area contributed by atoms with E-state index in [2.05, 4.69) is 5.16 Å². The van der Waals surface area contributed by atoms with Gasteiger partial charge in [0, 0.05) is 17.8 Å². The zero-order valence-corrected chi connectivity index (χ0v) is 11.8. The lowest BCUT2D eigenvalue weighted by Crippen LogP contribution is -2.16. The first-order chi connectivity index (χ1) is 10.1. The van der Waals surface area contributed by atoms with Crippen molar-refractivity contribution in [1.82, 2.24) is 0 Å². The third kappa shape index (κ3) is 2.40. The predicted molar refractivity (Wildman–Crippen MR) is 81.1 cm³/mol. The van der Waals surface area contributed by atoms with Crippen LogP contribution in [0.2, 0.25) is 5.02 Å². The highest BCUT2D eigenvalue weighted by atomic mass is 35.5. The van der Waals surface area contributed by atoms with Crippen molar-refractivity contribution in [2.75, 3.05) is 11.4 Å². The maximum Gasteiger partial charge on any atom is 0.170 e. The largest absolute Gasteiger partial charge is 0.409 e. The summed E-state index contributed by atoms with van der Waals surface area (Å²) in [5, 5.41) is 12.1. The molecule has 0 spiro atoms. The number of benzene rings is 2. The van der Waals surface area contributed by atoms with Crippen LogP contribution in [0.1, 0.15) is 11.1 Å². The van der Waals surface area contributed by atoms with Crippen molar-refractivity contribution >= 4 is 28.8 Å². The molecule has 0 radical (unpaired) electrons. The number of anilines is 2. The molecule has 0 saturated carbocycles. The molecule has 0 unspecified atom stereocenters. The second-order valence-corrected chi connectivity index (χ2v) is 5.23. The molecule has 0 aliphatic carbocycles. The first-order valence-electron chi connectivity index (χ1n) is 6.43. The Kier molecular flexibility index (Phi) is 3.43. The van der Waals surface area contributed by atoms with Crippen LogP contribution in [-0.4, -0.2) is 17.6 Å².